The summed E-state index contributed by atoms with van der Waals surface area (Å²) in [5.74, 6) is -1.27. The van der Waals surface area contributed by atoms with E-state index in [-0.39, 0.29) is 11.6 Å². The van der Waals surface area contributed by atoms with Crippen LogP contribution in [-0.4, -0.2) is 32.4 Å². The SMILES string of the molecule is CC(=O)N1CCc2c(sc3c2c(=O)n(-c2ccccc2)c(=O)n3CC(=O)Nc2ccccc2F)C1. The summed E-state index contributed by atoms with van der Waals surface area (Å²) in [6.45, 7) is 1.88. The fraction of sp³-hybridized carbons (Fsp3) is 0.200. The van der Waals surface area contributed by atoms with Crippen molar-refractivity contribution in [1.82, 2.24) is 14.0 Å². The number of aromatic nitrogens is 2. The molecule has 0 bridgehead atoms. The molecular weight excluding hydrogens is 471 g/mol. The largest absolute Gasteiger partial charge is 0.337 e. The number of benzene rings is 2. The molecule has 5 rings (SSSR count). The molecule has 2 amide bonds. The molecule has 0 radical (unpaired) electrons. The predicted octanol–water partition coefficient (Wildman–Crippen LogP) is 2.90. The third kappa shape index (κ3) is 4.06. The van der Waals surface area contributed by atoms with Crippen LogP contribution in [0.5, 0.6) is 0 Å². The van der Waals surface area contributed by atoms with Crippen molar-refractivity contribution in [3.63, 3.8) is 0 Å². The summed E-state index contributed by atoms with van der Waals surface area (Å²) in [7, 11) is 0. The highest BCUT2D eigenvalue weighted by Gasteiger charge is 2.28. The van der Waals surface area contributed by atoms with Crippen molar-refractivity contribution in [3.8, 4) is 5.69 Å². The van der Waals surface area contributed by atoms with E-state index in [9.17, 15) is 23.6 Å². The lowest BCUT2D eigenvalue weighted by atomic mass is 10.1. The fourth-order valence-corrected chi connectivity index (χ4v) is 5.66. The molecule has 0 unspecified atom stereocenters. The van der Waals surface area contributed by atoms with Crippen LogP contribution >= 0.6 is 11.3 Å². The molecule has 3 heterocycles. The summed E-state index contributed by atoms with van der Waals surface area (Å²) in [4.78, 5) is 54.8. The van der Waals surface area contributed by atoms with Crippen LogP contribution in [0.1, 0.15) is 17.4 Å². The first-order valence-electron chi connectivity index (χ1n) is 11.0. The second-order valence-electron chi connectivity index (χ2n) is 8.25. The topological polar surface area (TPSA) is 93.4 Å². The highest BCUT2D eigenvalue weighted by atomic mass is 32.1. The standard InChI is InChI=1S/C25H21FN4O4S/c1-15(31)28-12-11-17-20(13-28)35-24-22(17)23(33)30(16-7-3-2-4-8-16)25(34)29(24)14-21(32)27-19-10-6-5-9-18(19)26/h2-10H,11-14H2,1H3,(H,27,32). The van der Waals surface area contributed by atoms with E-state index in [4.69, 9.17) is 0 Å². The number of carbonyl (C=O) groups excluding carboxylic acids is 2. The van der Waals surface area contributed by atoms with E-state index in [2.05, 4.69) is 5.32 Å². The van der Waals surface area contributed by atoms with Crippen molar-refractivity contribution >= 4 is 39.1 Å². The van der Waals surface area contributed by atoms with Crippen LogP contribution in [-0.2, 0) is 29.1 Å². The van der Waals surface area contributed by atoms with Gasteiger partial charge in [0.15, 0.2) is 0 Å². The van der Waals surface area contributed by atoms with Gasteiger partial charge in [-0.15, -0.1) is 11.3 Å². The molecule has 1 aliphatic heterocycles. The minimum absolute atomic E-state index is 0.000692. The van der Waals surface area contributed by atoms with Crippen molar-refractivity contribution in [1.29, 1.82) is 0 Å². The Morgan fingerprint density at radius 1 is 1.06 bits per heavy atom. The van der Waals surface area contributed by atoms with E-state index in [1.807, 2.05) is 0 Å². The summed E-state index contributed by atoms with van der Waals surface area (Å²) >= 11 is 1.23. The highest BCUT2D eigenvalue weighted by Crippen LogP contribution is 2.33. The molecule has 1 N–H and O–H groups in total. The summed E-state index contributed by atoms with van der Waals surface area (Å²) in [6.07, 6.45) is 0.471. The molecule has 0 saturated heterocycles. The Kier molecular flexibility index (Phi) is 5.81. The average molecular weight is 493 g/mol. The lowest BCUT2D eigenvalue weighted by Gasteiger charge is -2.25. The van der Waals surface area contributed by atoms with Gasteiger partial charge in [0, 0.05) is 18.3 Å². The number of carbonyl (C=O) groups is 2. The maximum Gasteiger partial charge on any atom is 0.337 e. The van der Waals surface area contributed by atoms with Crippen LogP contribution in [0, 0.1) is 5.82 Å². The number of hydrogen-bond donors (Lipinski definition) is 1. The van der Waals surface area contributed by atoms with E-state index in [0.29, 0.717) is 35.4 Å². The summed E-state index contributed by atoms with van der Waals surface area (Å²) in [6, 6.07) is 14.3. The molecule has 0 fully saturated rings. The van der Waals surface area contributed by atoms with Crippen LogP contribution < -0.4 is 16.6 Å². The third-order valence-corrected chi connectivity index (χ3v) is 7.27. The second kappa shape index (κ2) is 8.95. The summed E-state index contributed by atoms with van der Waals surface area (Å²) in [5.41, 5.74) is 0.0464. The smallest absolute Gasteiger partial charge is 0.337 e. The Morgan fingerprint density at radius 2 is 1.77 bits per heavy atom. The molecule has 0 spiro atoms. The molecule has 0 saturated carbocycles. The van der Waals surface area contributed by atoms with E-state index < -0.39 is 29.5 Å². The van der Waals surface area contributed by atoms with Gasteiger partial charge >= 0.3 is 5.69 Å². The first-order valence-corrected chi connectivity index (χ1v) is 11.8. The quantitative estimate of drug-likeness (QED) is 0.474. The Balaban J connectivity index is 1.68. The number of rotatable bonds is 4. The molecular formula is C25H21FN4O4S. The summed E-state index contributed by atoms with van der Waals surface area (Å²) < 4.78 is 16.4. The number of halogens is 1. The van der Waals surface area contributed by atoms with Crippen molar-refractivity contribution in [2.45, 2.75) is 26.4 Å². The second-order valence-corrected chi connectivity index (χ2v) is 9.33. The van der Waals surface area contributed by atoms with Gasteiger partial charge < -0.3 is 10.2 Å². The highest BCUT2D eigenvalue weighted by molar-refractivity contribution is 7.18. The zero-order valence-electron chi connectivity index (χ0n) is 18.8. The van der Waals surface area contributed by atoms with Gasteiger partial charge in [-0.2, -0.15) is 0 Å². The fourth-order valence-electron chi connectivity index (χ4n) is 4.31. The van der Waals surface area contributed by atoms with E-state index >= 15 is 0 Å². The van der Waals surface area contributed by atoms with Gasteiger partial charge in [-0.25, -0.2) is 13.8 Å². The molecule has 2 aromatic heterocycles. The normalized spacial score (nSPS) is 13.0. The van der Waals surface area contributed by atoms with Gasteiger partial charge in [0.05, 0.1) is 23.3 Å². The van der Waals surface area contributed by atoms with Crippen molar-refractivity contribution in [3.05, 3.63) is 91.7 Å². The molecule has 178 valence electrons. The Hall–Kier alpha value is -4.05. The maximum atomic E-state index is 14.1. The minimum atomic E-state index is -0.667. The maximum absolute atomic E-state index is 14.1. The lowest BCUT2D eigenvalue weighted by Crippen LogP contribution is -2.41. The van der Waals surface area contributed by atoms with Gasteiger partial charge in [0.1, 0.15) is 17.2 Å². The summed E-state index contributed by atoms with van der Waals surface area (Å²) in [5, 5.41) is 2.87. The van der Waals surface area contributed by atoms with E-state index in [1.165, 1.54) is 41.0 Å². The van der Waals surface area contributed by atoms with Crippen molar-refractivity contribution in [2.75, 3.05) is 11.9 Å². The van der Waals surface area contributed by atoms with Crippen LogP contribution in [0.3, 0.4) is 0 Å². The van der Waals surface area contributed by atoms with E-state index in [0.717, 1.165) is 15.0 Å². The Labute approximate surface area is 202 Å². The third-order valence-electron chi connectivity index (χ3n) is 6.03. The van der Waals surface area contributed by atoms with Crippen LogP contribution in [0.25, 0.3) is 15.9 Å². The zero-order valence-corrected chi connectivity index (χ0v) is 19.6. The monoisotopic (exact) mass is 492 g/mol. The molecule has 0 atom stereocenters. The average Bonchev–Trinajstić information content (AvgIpc) is 3.23. The van der Waals surface area contributed by atoms with Crippen molar-refractivity contribution < 1.29 is 14.0 Å². The van der Waals surface area contributed by atoms with Crippen LogP contribution in [0.4, 0.5) is 10.1 Å². The molecule has 2 aromatic carbocycles. The number of thiophene rings is 1. The molecule has 10 heteroatoms. The first kappa shape index (κ1) is 22.7. The Bertz CT molecular complexity index is 1590. The predicted molar refractivity (Wildman–Crippen MR) is 132 cm³/mol. The van der Waals surface area contributed by atoms with Gasteiger partial charge in [-0.1, -0.05) is 30.3 Å². The zero-order chi connectivity index (χ0) is 24.7. The van der Waals surface area contributed by atoms with Gasteiger partial charge in [-0.3, -0.25) is 19.0 Å². The molecule has 1 aliphatic rings. The number of fused-ring (bicyclic) bond motifs is 3. The molecule has 8 nitrogen and oxygen atoms in total. The minimum Gasteiger partial charge on any atom is -0.337 e. The van der Waals surface area contributed by atoms with E-state index in [1.54, 1.807) is 41.3 Å². The number of amides is 2. The number of anilines is 1. The number of nitrogens with zero attached hydrogens (tertiary/aromatic N) is 3. The van der Waals surface area contributed by atoms with Gasteiger partial charge in [-0.05, 0) is 36.2 Å². The Morgan fingerprint density at radius 3 is 2.49 bits per heavy atom. The molecule has 35 heavy (non-hydrogen) atoms. The van der Waals surface area contributed by atoms with Gasteiger partial charge in [0.25, 0.3) is 5.56 Å². The number of nitrogens with one attached hydrogen (secondary N) is 1. The first-order chi connectivity index (χ1) is 16.8. The molecule has 0 aliphatic carbocycles. The van der Waals surface area contributed by atoms with Gasteiger partial charge in [0.2, 0.25) is 11.8 Å². The van der Waals surface area contributed by atoms with Crippen molar-refractivity contribution in [2.24, 2.45) is 0 Å². The number of para-hydroxylation sites is 2. The van der Waals surface area contributed by atoms with Crippen LogP contribution in [0.15, 0.2) is 64.2 Å². The number of hydrogen-bond acceptors (Lipinski definition) is 5. The lowest BCUT2D eigenvalue weighted by molar-refractivity contribution is -0.129. The van der Waals surface area contributed by atoms with Crippen LogP contribution in [0.2, 0.25) is 0 Å². The molecule has 4 aromatic rings.